The molecule has 0 spiro atoms. The van der Waals surface area contributed by atoms with Crippen LogP contribution in [0.2, 0.25) is 0 Å². The van der Waals surface area contributed by atoms with Crippen LogP contribution in [0.1, 0.15) is 11.5 Å². The number of nitrogens with zero attached hydrogens (tertiary/aromatic N) is 5. The number of hydrogen-bond donors (Lipinski definition) is 0. The first-order chi connectivity index (χ1) is 13.7. The van der Waals surface area contributed by atoms with Crippen molar-refractivity contribution in [3.63, 3.8) is 0 Å². The zero-order valence-corrected chi connectivity index (χ0v) is 16.3. The van der Waals surface area contributed by atoms with Crippen LogP contribution in [0.15, 0.2) is 76.8 Å². The van der Waals surface area contributed by atoms with Crippen LogP contribution in [-0.4, -0.2) is 25.0 Å². The van der Waals surface area contributed by atoms with Crippen molar-refractivity contribution in [1.82, 2.24) is 25.0 Å². The molecule has 0 aliphatic rings. The first-order valence-corrected chi connectivity index (χ1v) is 9.85. The van der Waals surface area contributed by atoms with E-state index in [1.807, 2.05) is 72.2 Å². The van der Waals surface area contributed by atoms with E-state index in [0.29, 0.717) is 24.1 Å². The average molecular weight is 389 g/mol. The molecule has 0 aliphatic heterocycles. The number of rotatable bonds is 7. The van der Waals surface area contributed by atoms with Gasteiger partial charge in [0.2, 0.25) is 11.8 Å². The van der Waals surface area contributed by atoms with Gasteiger partial charge in [-0.15, -0.1) is 27.0 Å². The van der Waals surface area contributed by atoms with Gasteiger partial charge in [-0.3, -0.25) is 4.57 Å². The molecule has 0 N–H and O–H groups in total. The van der Waals surface area contributed by atoms with Crippen LogP contribution in [0.3, 0.4) is 0 Å². The predicted octanol–water partition coefficient (Wildman–Crippen LogP) is 4.78. The van der Waals surface area contributed by atoms with Gasteiger partial charge in [-0.25, -0.2) is 0 Å². The maximum atomic E-state index is 5.82. The third kappa shape index (κ3) is 3.89. The van der Waals surface area contributed by atoms with Crippen molar-refractivity contribution in [1.29, 1.82) is 0 Å². The third-order valence-corrected chi connectivity index (χ3v) is 5.07. The predicted molar refractivity (Wildman–Crippen MR) is 110 cm³/mol. The number of thioether (sulfide) groups is 1. The molecule has 2 aromatic heterocycles. The summed E-state index contributed by atoms with van der Waals surface area (Å²) < 4.78 is 7.85. The molecule has 4 aromatic rings. The lowest BCUT2D eigenvalue weighted by atomic mass is 10.1. The van der Waals surface area contributed by atoms with Gasteiger partial charge in [0.1, 0.15) is 0 Å². The molecule has 0 saturated heterocycles. The van der Waals surface area contributed by atoms with Crippen LogP contribution in [-0.2, 0) is 12.3 Å². The fourth-order valence-electron chi connectivity index (χ4n) is 2.82. The zero-order valence-electron chi connectivity index (χ0n) is 15.4. The largest absolute Gasteiger partial charge is 0.420 e. The first-order valence-electron chi connectivity index (χ1n) is 8.86. The summed E-state index contributed by atoms with van der Waals surface area (Å²) in [4.78, 5) is 0. The van der Waals surface area contributed by atoms with E-state index >= 15 is 0 Å². The second-order valence-corrected chi connectivity index (χ2v) is 7.17. The van der Waals surface area contributed by atoms with Gasteiger partial charge in [-0.2, -0.15) is 0 Å². The fourth-order valence-corrected chi connectivity index (χ4v) is 3.61. The maximum absolute atomic E-state index is 5.82. The fraction of sp³-hybridized carbons (Fsp3) is 0.143. The molecule has 140 valence electrons. The highest BCUT2D eigenvalue weighted by Gasteiger charge is 2.15. The van der Waals surface area contributed by atoms with Gasteiger partial charge < -0.3 is 4.42 Å². The molecule has 0 bridgehead atoms. The van der Waals surface area contributed by atoms with Crippen LogP contribution in [0.4, 0.5) is 0 Å². The van der Waals surface area contributed by atoms with E-state index in [9.17, 15) is 0 Å². The number of hydrogen-bond acceptors (Lipinski definition) is 6. The Kier molecular flexibility index (Phi) is 5.34. The minimum atomic E-state index is 0.517. The second kappa shape index (κ2) is 8.22. The van der Waals surface area contributed by atoms with E-state index in [1.165, 1.54) is 11.8 Å². The highest BCUT2D eigenvalue weighted by Crippen LogP contribution is 2.27. The quantitative estimate of drug-likeness (QED) is 0.335. The number of allylic oxidation sites excluding steroid dienone is 1. The molecule has 0 amide bonds. The maximum Gasteiger partial charge on any atom is 0.247 e. The van der Waals surface area contributed by atoms with Crippen molar-refractivity contribution in [2.24, 2.45) is 0 Å². The summed E-state index contributed by atoms with van der Waals surface area (Å²) in [5.74, 6) is 2.41. The lowest BCUT2D eigenvalue weighted by molar-refractivity contribution is 0.528. The molecule has 0 atom stereocenters. The number of aryl methyl sites for hydroxylation is 1. The number of aromatic nitrogens is 5. The van der Waals surface area contributed by atoms with Crippen LogP contribution >= 0.6 is 11.8 Å². The van der Waals surface area contributed by atoms with E-state index in [4.69, 9.17) is 4.42 Å². The van der Waals surface area contributed by atoms with E-state index in [-0.39, 0.29) is 0 Å². The summed E-state index contributed by atoms with van der Waals surface area (Å²) in [5.41, 5.74) is 3.09. The smallest absolute Gasteiger partial charge is 0.247 e. The van der Waals surface area contributed by atoms with E-state index < -0.39 is 0 Å². The Hall–Kier alpha value is -3.19. The molecule has 2 heterocycles. The molecule has 4 rings (SSSR count). The second-order valence-electron chi connectivity index (χ2n) is 6.23. The standard InChI is InChI=1S/C21H19N5OS/c1-3-12-26-19(16-9-5-4-6-10-16)23-25-21(26)28-14-18-22-24-20(27-18)17-11-7-8-15(2)13-17/h3-11,13H,1,12,14H2,2H3. The Balaban J connectivity index is 1.53. The van der Waals surface area contributed by atoms with Crippen LogP contribution < -0.4 is 0 Å². The summed E-state index contributed by atoms with van der Waals surface area (Å²) in [5, 5.41) is 17.8. The van der Waals surface area contributed by atoms with Crippen molar-refractivity contribution in [2.45, 2.75) is 24.4 Å². The molecule has 0 unspecified atom stereocenters. The third-order valence-electron chi connectivity index (χ3n) is 4.12. The molecule has 28 heavy (non-hydrogen) atoms. The molecule has 6 nitrogen and oxygen atoms in total. The minimum absolute atomic E-state index is 0.517. The Morgan fingerprint density at radius 2 is 1.82 bits per heavy atom. The Bertz CT molecular complexity index is 1090. The van der Waals surface area contributed by atoms with Gasteiger partial charge in [-0.1, -0.05) is 65.9 Å². The summed E-state index contributed by atoms with van der Waals surface area (Å²) in [7, 11) is 0. The van der Waals surface area contributed by atoms with Crippen LogP contribution in [0, 0.1) is 6.92 Å². The molecular weight excluding hydrogens is 370 g/mol. The Morgan fingerprint density at radius 3 is 2.61 bits per heavy atom. The molecule has 0 radical (unpaired) electrons. The normalized spacial score (nSPS) is 10.9. The Morgan fingerprint density at radius 1 is 1.00 bits per heavy atom. The first kappa shape index (κ1) is 18.2. The van der Waals surface area contributed by atoms with Gasteiger partial charge in [0.15, 0.2) is 11.0 Å². The van der Waals surface area contributed by atoms with Gasteiger partial charge in [0.25, 0.3) is 0 Å². The van der Waals surface area contributed by atoms with Gasteiger partial charge in [0.05, 0.1) is 5.75 Å². The highest BCUT2D eigenvalue weighted by atomic mass is 32.2. The van der Waals surface area contributed by atoms with Crippen molar-refractivity contribution in [3.05, 3.63) is 78.7 Å². The lowest BCUT2D eigenvalue weighted by Gasteiger charge is -2.06. The number of benzene rings is 2. The van der Waals surface area contributed by atoms with Crippen LogP contribution in [0.25, 0.3) is 22.8 Å². The van der Waals surface area contributed by atoms with Crippen molar-refractivity contribution in [2.75, 3.05) is 0 Å². The molecule has 0 fully saturated rings. The zero-order chi connectivity index (χ0) is 19.3. The summed E-state index contributed by atoms with van der Waals surface area (Å²) in [6, 6.07) is 18.0. The van der Waals surface area contributed by atoms with Crippen molar-refractivity contribution in [3.8, 4) is 22.8 Å². The van der Waals surface area contributed by atoms with Crippen LogP contribution in [0.5, 0.6) is 0 Å². The topological polar surface area (TPSA) is 69.6 Å². The monoisotopic (exact) mass is 389 g/mol. The lowest BCUT2D eigenvalue weighted by Crippen LogP contribution is -2.00. The Labute approximate surface area is 167 Å². The summed E-state index contributed by atoms with van der Waals surface area (Å²) in [6.45, 7) is 6.51. The molecular formula is C21H19N5OS. The molecule has 2 aromatic carbocycles. The molecule has 7 heteroatoms. The van der Waals surface area contributed by atoms with Crippen molar-refractivity contribution >= 4 is 11.8 Å². The summed E-state index contributed by atoms with van der Waals surface area (Å²) in [6.07, 6.45) is 1.84. The van der Waals surface area contributed by atoms with Gasteiger partial charge in [0, 0.05) is 17.7 Å². The van der Waals surface area contributed by atoms with E-state index in [1.54, 1.807) is 0 Å². The molecule has 0 saturated carbocycles. The van der Waals surface area contributed by atoms with Gasteiger partial charge >= 0.3 is 0 Å². The summed E-state index contributed by atoms with van der Waals surface area (Å²) >= 11 is 1.51. The minimum Gasteiger partial charge on any atom is -0.420 e. The SMILES string of the molecule is C=CCn1c(SCc2nnc(-c3cccc(C)c3)o2)nnc1-c1ccccc1. The average Bonchev–Trinajstić information content (AvgIpc) is 3.35. The van der Waals surface area contributed by atoms with E-state index in [0.717, 1.165) is 27.7 Å². The van der Waals surface area contributed by atoms with E-state index in [2.05, 4.69) is 27.0 Å². The molecule has 0 aliphatic carbocycles. The van der Waals surface area contributed by atoms with Crippen molar-refractivity contribution < 1.29 is 4.42 Å². The highest BCUT2D eigenvalue weighted by molar-refractivity contribution is 7.98. The van der Waals surface area contributed by atoms with Gasteiger partial charge in [-0.05, 0) is 19.1 Å².